The Morgan fingerprint density at radius 3 is 2.57 bits per heavy atom. The van der Waals surface area contributed by atoms with Gasteiger partial charge in [0.15, 0.2) is 0 Å². The lowest BCUT2D eigenvalue weighted by Gasteiger charge is -2.07. The predicted octanol–water partition coefficient (Wildman–Crippen LogP) is 2.36. The Balaban J connectivity index is 0.000000491. The summed E-state index contributed by atoms with van der Waals surface area (Å²) in [4.78, 5) is 20.3. The maximum Gasteiger partial charge on any atom is 0.300 e. The van der Waals surface area contributed by atoms with Crippen LogP contribution < -0.4 is 10.9 Å². The molecule has 1 heterocycles. The largest absolute Gasteiger partial charge is 0.481 e. The second-order valence-corrected chi connectivity index (χ2v) is 5.22. The number of aryl methyl sites for hydroxylation is 1. The molecule has 2 rings (SSSR count). The zero-order valence-corrected chi connectivity index (χ0v) is 13.5. The van der Waals surface area contributed by atoms with Crippen LogP contribution in [0.25, 0.3) is 0 Å². The first-order valence-corrected chi connectivity index (χ1v) is 6.82. The van der Waals surface area contributed by atoms with Gasteiger partial charge in [0.05, 0.1) is 17.6 Å². The molecule has 1 aromatic heterocycles. The summed E-state index contributed by atoms with van der Waals surface area (Å²) in [6.07, 6.45) is 1.47. The summed E-state index contributed by atoms with van der Waals surface area (Å²) in [6.45, 7) is 1.08. The number of aliphatic carboxylic acids is 1. The molecule has 2 aromatic rings. The van der Waals surface area contributed by atoms with Gasteiger partial charge in [-0.25, -0.2) is 9.07 Å². The Kier molecular flexibility index (Phi) is 6.28. The van der Waals surface area contributed by atoms with E-state index in [4.69, 9.17) is 9.90 Å². The van der Waals surface area contributed by atoms with Crippen LogP contribution in [0, 0.1) is 9.39 Å². The van der Waals surface area contributed by atoms with Gasteiger partial charge in [-0.05, 0) is 40.8 Å². The Morgan fingerprint density at radius 2 is 2.05 bits per heavy atom. The third kappa shape index (κ3) is 5.90. The smallest absolute Gasteiger partial charge is 0.300 e. The highest BCUT2D eigenvalue weighted by atomic mass is 127. The van der Waals surface area contributed by atoms with Crippen molar-refractivity contribution in [3.63, 3.8) is 0 Å². The van der Waals surface area contributed by atoms with Crippen LogP contribution in [0.15, 0.2) is 35.3 Å². The molecule has 0 amide bonds. The number of nitrogens with zero attached hydrogens (tertiary/aromatic N) is 2. The Hall–Kier alpha value is -1.97. The van der Waals surface area contributed by atoms with Crippen LogP contribution in [-0.2, 0) is 11.8 Å². The summed E-state index contributed by atoms with van der Waals surface area (Å²) in [6, 6.07) is 6.18. The van der Waals surface area contributed by atoms with Crippen LogP contribution in [0.1, 0.15) is 6.92 Å². The number of nitrogens with one attached hydrogen (secondary N) is 1. The second-order valence-electron chi connectivity index (χ2n) is 3.97. The van der Waals surface area contributed by atoms with Crippen molar-refractivity contribution in [3.05, 3.63) is 50.2 Å². The number of anilines is 2. The van der Waals surface area contributed by atoms with Gasteiger partial charge in [0, 0.05) is 23.6 Å². The highest BCUT2D eigenvalue weighted by molar-refractivity contribution is 14.1. The fraction of sp³-hybridized carbons (Fsp3) is 0.154. The third-order valence-corrected chi connectivity index (χ3v) is 2.85. The summed E-state index contributed by atoms with van der Waals surface area (Å²) in [5, 5.41) is 14.1. The van der Waals surface area contributed by atoms with Gasteiger partial charge in [-0.15, -0.1) is 0 Å². The fourth-order valence-electron chi connectivity index (χ4n) is 1.28. The quantitative estimate of drug-likeness (QED) is 0.750. The number of hydrogen-bond acceptors (Lipinski definition) is 4. The highest BCUT2D eigenvalue weighted by Gasteiger charge is 2.04. The number of rotatable bonds is 2. The third-order valence-electron chi connectivity index (χ3n) is 2.18. The monoisotopic (exact) mass is 405 g/mol. The number of hydrogen-bond donors (Lipinski definition) is 2. The fourth-order valence-corrected chi connectivity index (χ4v) is 1.74. The summed E-state index contributed by atoms with van der Waals surface area (Å²) >= 11 is 2.03. The Labute approximate surface area is 133 Å². The first-order chi connectivity index (χ1) is 9.79. The molecule has 0 aliphatic heterocycles. The molecular formula is C13H13FIN3O3. The van der Waals surface area contributed by atoms with Crippen molar-refractivity contribution in [1.82, 2.24) is 9.78 Å². The average Bonchev–Trinajstić information content (AvgIpc) is 2.36. The van der Waals surface area contributed by atoms with Gasteiger partial charge in [-0.2, -0.15) is 5.10 Å². The van der Waals surface area contributed by atoms with E-state index in [0.29, 0.717) is 11.4 Å². The number of carbonyl (C=O) groups is 1. The van der Waals surface area contributed by atoms with E-state index in [1.807, 2.05) is 22.6 Å². The van der Waals surface area contributed by atoms with E-state index >= 15 is 0 Å². The van der Waals surface area contributed by atoms with Crippen LogP contribution in [0.2, 0.25) is 0 Å². The Morgan fingerprint density at radius 1 is 1.43 bits per heavy atom. The van der Waals surface area contributed by atoms with Gasteiger partial charge in [-0.1, -0.05) is 0 Å². The molecule has 1 aromatic carbocycles. The van der Waals surface area contributed by atoms with E-state index < -0.39 is 5.97 Å². The van der Waals surface area contributed by atoms with Crippen molar-refractivity contribution >= 4 is 39.9 Å². The lowest BCUT2D eigenvalue weighted by Crippen LogP contribution is -2.18. The topological polar surface area (TPSA) is 84.2 Å². The van der Waals surface area contributed by atoms with Crippen molar-refractivity contribution in [2.24, 2.45) is 7.05 Å². The number of halogens is 2. The van der Waals surface area contributed by atoms with Crippen LogP contribution in [0.5, 0.6) is 0 Å². The molecule has 0 aliphatic carbocycles. The number of carboxylic acids is 1. The molecule has 112 valence electrons. The molecule has 0 saturated heterocycles. The van der Waals surface area contributed by atoms with Gasteiger partial charge in [0.1, 0.15) is 5.82 Å². The van der Waals surface area contributed by atoms with Crippen LogP contribution >= 0.6 is 22.6 Å². The molecule has 0 bridgehead atoms. The van der Waals surface area contributed by atoms with Gasteiger partial charge >= 0.3 is 0 Å². The molecule has 0 aliphatic rings. The summed E-state index contributed by atoms with van der Waals surface area (Å²) in [5.74, 6) is -1.20. The van der Waals surface area contributed by atoms with E-state index in [1.54, 1.807) is 19.2 Å². The van der Waals surface area contributed by atoms with Crippen molar-refractivity contribution in [2.75, 3.05) is 5.32 Å². The minimum atomic E-state index is -0.833. The van der Waals surface area contributed by atoms with Gasteiger partial charge < -0.3 is 10.4 Å². The van der Waals surface area contributed by atoms with E-state index in [9.17, 15) is 9.18 Å². The summed E-state index contributed by atoms with van der Waals surface area (Å²) in [5.41, 5.74) is 0.537. The molecule has 21 heavy (non-hydrogen) atoms. The normalized spacial score (nSPS) is 9.52. The molecule has 0 radical (unpaired) electrons. The molecule has 0 unspecified atom stereocenters. The van der Waals surface area contributed by atoms with Crippen molar-refractivity contribution in [1.29, 1.82) is 0 Å². The molecule has 6 nitrogen and oxygen atoms in total. The van der Waals surface area contributed by atoms with Crippen LogP contribution in [0.4, 0.5) is 15.8 Å². The SMILES string of the molecule is CC(=O)O.Cn1ncc(Nc2ccc(I)cc2F)cc1=O. The molecule has 0 fully saturated rings. The zero-order valence-electron chi connectivity index (χ0n) is 11.3. The maximum atomic E-state index is 13.5. The van der Waals surface area contributed by atoms with Gasteiger partial charge in [0.2, 0.25) is 0 Å². The maximum absolute atomic E-state index is 13.5. The molecule has 2 N–H and O–H groups in total. The van der Waals surface area contributed by atoms with Gasteiger partial charge in [0.25, 0.3) is 11.5 Å². The molecule has 0 atom stereocenters. The molecule has 0 spiro atoms. The first-order valence-electron chi connectivity index (χ1n) is 5.74. The van der Waals surface area contributed by atoms with E-state index in [0.717, 1.165) is 10.5 Å². The number of carboxylic acid groups (broad SMARTS) is 1. The molecular weight excluding hydrogens is 392 g/mol. The molecule has 8 heteroatoms. The first kappa shape index (κ1) is 17.1. The average molecular weight is 405 g/mol. The van der Waals surface area contributed by atoms with Crippen LogP contribution in [-0.4, -0.2) is 20.9 Å². The number of aromatic nitrogens is 2. The standard InChI is InChI=1S/C11H9FIN3O.C2H4O2/c1-16-11(17)5-8(6-14-16)15-10-3-2-7(13)4-9(10)12;1-2(3)4/h2-6,15H,1H3;1H3,(H,3,4). The van der Waals surface area contributed by atoms with Crippen molar-refractivity contribution in [3.8, 4) is 0 Å². The Bertz CT molecular complexity index is 699. The van der Waals surface area contributed by atoms with E-state index in [2.05, 4.69) is 10.4 Å². The highest BCUT2D eigenvalue weighted by Crippen LogP contribution is 2.20. The van der Waals surface area contributed by atoms with Gasteiger partial charge in [-0.3, -0.25) is 9.59 Å². The summed E-state index contributed by atoms with van der Waals surface area (Å²) < 4.78 is 15.6. The lowest BCUT2D eigenvalue weighted by molar-refractivity contribution is -0.134. The lowest BCUT2D eigenvalue weighted by atomic mass is 10.3. The van der Waals surface area contributed by atoms with E-state index in [-0.39, 0.29) is 11.4 Å². The molecule has 0 saturated carbocycles. The minimum absolute atomic E-state index is 0.249. The van der Waals surface area contributed by atoms with Crippen molar-refractivity contribution < 1.29 is 14.3 Å². The summed E-state index contributed by atoms with van der Waals surface area (Å²) in [7, 11) is 1.55. The number of benzene rings is 1. The zero-order chi connectivity index (χ0) is 16.0. The van der Waals surface area contributed by atoms with Crippen LogP contribution in [0.3, 0.4) is 0 Å². The predicted molar refractivity (Wildman–Crippen MR) is 85.2 cm³/mol. The van der Waals surface area contributed by atoms with Crippen molar-refractivity contribution in [2.45, 2.75) is 6.92 Å². The minimum Gasteiger partial charge on any atom is -0.481 e. The second kappa shape index (κ2) is 7.72. The van der Waals surface area contributed by atoms with E-state index in [1.165, 1.54) is 23.0 Å².